The molecule has 0 radical (unpaired) electrons. The largest absolute Gasteiger partial charge is 0.494 e. The molecule has 0 aliphatic rings. The summed E-state index contributed by atoms with van der Waals surface area (Å²) < 4.78 is 5.53. The number of carbonyl (C=O) groups excluding carboxylic acids is 1. The number of nitro groups is 1. The smallest absolute Gasteiger partial charge is 0.269 e. The predicted octanol–water partition coefficient (Wildman–Crippen LogP) is 5.16. The summed E-state index contributed by atoms with van der Waals surface area (Å²) in [5, 5.41) is 15.7. The zero-order valence-corrected chi connectivity index (χ0v) is 16.5. The van der Waals surface area contributed by atoms with E-state index in [-0.39, 0.29) is 11.6 Å². The van der Waals surface area contributed by atoms with E-state index in [1.165, 1.54) is 29.5 Å². The van der Waals surface area contributed by atoms with E-state index in [1.54, 1.807) is 23.6 Å². The Kier molecular flexibility index (Phi) is 6.70. The highest BCUT2D eigenvalue weighted by atomic mass is 32.1. The van der Waals surface area contributed by atoms with E-state index in [9.17, 15) is 14.9 Å². The third-order valence-electron chi connectivity index (χ3n) is 3.89. The standard InChI is InChI=1S/C21H19N3O4S/c1-2-13-28-18-10-3-15(4-11-18)5-12-20(25)23-21-22-19(14-29-21)16-6-8-17(9-7-16)24(26)27/h3-12,14H,2,13H2,1H3,(H,22,23,25). The Bertz CT molecular complexity index is 1010. The number of anilines is 1. The quantitative estimate of drug-likeness (QED) is 0.315. The van der Waals surface area contributed by atoms with Crippen LogP contribution in [0.25, 0.3) is 17.3 Å². The first-order chi connectivity index (χ1) is 14.0. The molecule has 0 fully saturated rings. The molecule has 0 aliphatic heterocycles. The Morgan fingerprint density at radius 1 is 1.21 bits per heavy atom. The minimum atomic E-state index is -0.450. The van der Waals surface area contributed by atoms with E-state index >= 15 is 0 Å². The number of hydrogen-bond donors (Lipinski definition) is 1. The van der Waals surface area contributed by atoms with Gasteiger partial charge >= 0.3 is 0 Å². The van der Waals surface area contributed by atoms with Gasteiger partial charge in [0.1, 0.15) is 5.75 Å². The number of aromatic nitrogens is 1. The third kappa shape index (κ3) is 5.73. The van der Waals surface area contributed by atoms with Crippen molar-refractivity contribution in [3.63, 3.8) is 0 Å². The van der Waals surface area contributed by atoms with Crippen LogP contribution in [0.15, 0.2) is 60.0 Å². The van der Waals surface area contributed by atoms with Crippen LogP contribution in [0, 0.1) is 10.1 Å². The molecule has 0 saturated heterocycles. The van der Waals surface area contributed by atoms with Crippen molar-refractivity contribution in [3.8, 4) is 17.0 Å². The number of non-ortho nitro benzene ring substituents is 1. The van der Waals surface area contributed by atoms with Crippen molar-refractivity contribution >= 4 is 34.1 Å². The van der Waals surface area contributed by atoms with E-state index in [2.05, 4.69) is 10.3 Å². The Hall–Kier alpha value is -3.52. The summed E-state index contributed by atoms with van der Waals surface area (Å²) in [5.74, 6) is 0.510. The number of rotatable bonds is 8. The molecule has 0 bridgehead atoms. The number of carbonyl (C=O) groups is 1. The number of thiazole rings is 1. The molecule has 1 N–H and O–H groups in total. The lowest BCUT2D eigenvalue weighted by Crippen LogP contribution is -2.07. The van der Waals surface area contributed by atoms with Gasteiger partial charge in [0.25, 0.3) is 5.69 Å². The average molecular weight is 409 g/mol. The summed E-state index contributed by atoms with van der Waals surface area (Å²) in [5.41, 5.74) is 2.29. The monoisotopic (exact) mass is 409 g/mol. The van der Waals surface area contributed by atoms with Crippen molar-refractivity contribution < 1.29 is 14.5 Å². The topological polar surface area (TPSA) is 94.4 Å². The zero-order chi connectivity index (χ0) is 20.6. The van der Waals surface area contributed by atoms with Gasteiger partial charge in [-0.2, -0.15) is 0 Å². The van der Waals surface area contributed by atoms with Crippen molar-refractivity contribution in [2.75, 3.05) is 11.9 Å². The van der Waals surface area contributed by atoms with Gasteiger partial charge in [0.2, 0.25) is 5.91 Å². The van der Waals surface area contributed by atoms with Crippen LogP contribution in [0.5, 0.6) is 5.75 Å². The predicted molar refractivity (Wildman–Crippen MR) is 114 cm³/mol. The van der Waals surface area contributed by atoms with Gasteiger partial charge in [0.15, 0.2) is 5.13 Å². The summed E-state index contributed by atoms with van der Waals surface area (Å²) in [4.78, 5) is 26.8. The van der Waals surface area contributed by atoms with Crippen LogP contribution in [0.2, 0.25) is 0 Å². The van der Waals surface area contributed by atoms with E-state index in [4.69, 9.17) is 4.74 Å². The molecule has 3 aromatic rings. The first kappa shape index (κ1) is 20.2. The summed E-state index contributed by atoms with van der Waals surface area (Å²) in [6.07, 6.45) is 4.10. The highest BCUT2D eigenvalue weighted by Gasteiger charge is 2.09. The molecule has 8 heteroatoms. The number of ether oxygens (including phenoxy) is 1. The fourth-order valence-corrected chi connectivity index (χ4v) is 3.15. The normalized spacial score (nSPS) is 10.8. The van der Waals surface area contributed by atoms with Crippen LogP contribution in [0.3, 0.4) is 0 Å². The van der Waals surface area contributed by atoms with Crippen molar-refractivity contribution in [2.45, 2.75) is 13.3 Å². The van der Waals surface area contributed by atoms with Crippen molar-refractivity contribution in [2.24, 2.45) is 0 Å². The maximum Gasteiger partial charge on any atom is 0.269 e. The van der Waals surface area contributed by atoms with E-state index < -0.39 is 4.92 Å². The van der Waals surface area contributed by atoms with Crippen LogP contribution in [0.1, 0.15) is 18.9 Å². The Balaban J connectivity index is 1.58. The number of amides is 1. The second-order valence-corrected chi connectivity index (χ2v) is 6.94. The second kappa shape index (κ2) is 9.61. The molecule has 2 aromatic carbocycles. The zero-order valence-electron chi connectivity index (χ0n) is 15.7. The van der Waals surface area contributed by atoms with E-state index in [0.717, 1.165) is 23.3 Å². The van der Waals surface area contributed by atoms with Gasteiger partial charge in [0.05, 0.1) is 17.2 Å². The molecule has 0 aliphatic carbocycles. The molecule has 1 amide bonds. The van der Waals surface area contributed by atoms with Crippen LogP contribution in [-0.4, -0.2) is 22.4 Å². The lowest BCUT2D eigenvalue weighted by molar-refractivity contribution is -0.384. The van der Waals surface area contributed by atoms with Gasteiger partial charge in [-0.05, 0) is 42.3 Å². The lowest BCUT2D eigenvalue weighted by atomic mass is 10.1. The third-order valence-corrected chi connectivity index (χ3v) is 4.65. The highest BCUT2D eigenvalue weighted by molar-refractivity contribution is 7.14. The number of nitrogens with one attached hydrogen (secondary N) is 1. The molecular formula is C21H19N3O4S. The number of benzene rings is 2. The molecule has 0 unspecified atom stereocenters. The molecule has 148 valence electrons. The number of hydrogen-bond acceptors (Lipinski definition) is 6. The molecule has 7 nitrogen and oxygen atoms in total. The van der Waals surface area contributed by atoms with Crippen molar-refractivity contribution in [1.82, 2.24) is 4.98 Å². The molecule has 29 heavy (non-hydrogen) atoms. The van der Waals surface area contributed by atoms with Crippen LogP contribution in [0.4, 0.5) is 10.8 Å². The minimum Gasteiger partial charge on any atom is -0.494 e. The van der Waals surface area contributed by atoms with Gasteiger partial charge in [-0.25, -0.2) is 4.98 Å². The summed E-state index contributed by atoms with van der Waals surface area (Å²) in [6.45, 7) is 2.72. The van der Waals surface area contributed by atoms with Crippen LogP contribution in [-0.2, 0) is 4.79 Å². The molecular weight excluding hydrogens is 390 g/mol. The maximum atomic E-state index is 12.1. The summed E-state index contributed by atoms with van der Waals surface area (Å²) in [6, 6.07) is 13.6. The minimum absolute atomic E-state index is 0.0209. The van der Waals surface area contributed by atoms with Gasteiger partial charge < -0.3 is 4.74 Å². The maximum absolute atomic E-state index is 12.1. The molecule has 3 rings (SSSR count). The molecule has 0 spiro atoms. The van der Waals surface area contributed by atoms with Gasteiger partial charge in [-0.1, -0.05) is 19.1 Å². The fraction of sp³-hybridized carbons (Fsp3) is 0.143. The van der Waals surface area contributed by atoms with Crippen LogP contribution >= 0.6 is 11.3 Å². The van der Waals surface area contributed by atoms with E-state index in [1.807, 2.05) is 31.2 Å². The Morgan fingerprint density at radius 2 is 1.93 bits per heavy atom. The first-order valence-corrected chi connectivity index (χ1v) is 9.85. The van der Waals surface area contributed by atoms with Gasteiger partial charge in [-0.15, -0.1) is 11.3 Å². The second-order valence-electron chi connectivity index (χ2n) is 6.08. The SMILES string of the molecule is CCCOc1ccc(C=CC(=O)Nc2nc(-c3ccc([N+](=O)[O-])cc3)cs2)cc1. The number of nitro benzene ring substituents is 1. The van der Waals surface area contributed by atoms with E-state index in [0.29, 0.717) is 17.4 Å². The molecule has 0 atom stereocenters. The molecule has 0 saturated carbocycles. The first-order valence-electron chi connectivity index (χ1n) is 8.97. The van der Waals surface area contributed by atoms with Gasteiger partial charge in [0, 0.05) is 29.2 Å². The molecule has 1 heterocycles. The average Bonchev–Trinajstić information content (AvgIpc) is 3.20. The summed E-state index contributed by atoms with van der Waals surface area (Å²) in [7, 11) is 0. The van der Waals surface area contributed by atoms with Crippen molar-refractivity contribution in [1.29, 1.82) is 0 Å². The van der Waals surface area contributed by atoms with Crippen LogP contribution < -0.4 is 10.1 Å². The number of nitrogens with zero attached hydrogens (tertiary/aromatic N) is 2. The van der Waals surface area contributed by atoms with Gasteiger partial charge in [-0.3, -0.25) is 20.2 Å². The summed E-state index contributed by atoms with van der Waals surface area (Å²) >= 11 is 1.29. The Morgan fingerprint density at radius 3 is 2.59 bits per heavy atom. The lowest BCUT2D eigenvalue weighted by Gasteiger charge is -2.04. The molecule has 1 aromatic heterocycles. The fourth-order valence-electron chi connectivity index (χ4n) is 2.43. The Labute approximate surface area is 171 Å². The highest BCUT2D eigenvalue weighted by Crippen LogP contribution is 2.26. The van der Waals surface area contributed by atoms with Crippen molar-refractivity contribution in [3.05, 3.63) is 75.7 Å².